The zero-order valence-electron chi connectivity index (χ0n) is 11.8. The minimum absolute atomic E-state index is 0.256. The molecule has 1 unspecified atom stereocenters. The molecule has 2 aliphatic heterocycles. The molecule has 0 amide bonds. The number of hydrogen-bond donors (Lipinski definition) is 1. The van der Waals surface area contributed by atoms with Gasteiger partial charge in [0.1, 0.15) is 0 Å². The second-order valence-electron chi connectivity index (χ2n) is 5.82. The molecule has 2 aliphatic rings. The Hall–Kier alpha value is -0.140. The quantitative estimate of drug-likeness (QED) is 0.906. The summed E-state index contributed by atoms with van der Waals surface area (Å²) in [5.41, 5.74) is -0.265. The molecule has 21 heavy (non-hydrogen) atoms. The van der Waals surface area contributed by atoms with E-state index in [0.717, 1.165) is 30.3 Å². The summed E-state index contributed by atoms with van der Waals surface area (Å²) in [4.78, 5) is 1.27. The Balaban J connectivity index is 1.55. The number of thiophene rings is 1. The van der Waals surface area contributed by atoms with E-state index in [0.29, 0.717) is 12.8 Å². The van der Waals surface area contributed by atoms with Crippen molar-refractivity contribution in [3.8, 4) is 0 Å². The molecule has 0 radical (unpaired) electrons. The lowest BCUT2D eigenvalue weighted by molar-refractivity contribution is -0.0181. The Morgan fingerprint density at radius 2 is 2.14 bits per heavy atom. The van der Waals surface area contributed by atoms with E-state index in [1.807, 2.05) is 6.07 Å². The molecule has 1 spiro atoms. The predicted molar refractivity (Wildman–Crippen MR) is 86.0 cm³/mol. The van der Waals surface area contributed by atoms with E-state index in [-0.39, 0.29) is 23.1 Å². The third-order valence-corrected chi connectivity index (χ3v) is 7.44. The van der Waals surface area contributed by atoms with Crippen LogP contribution < -0.4 is 5.32 Å². The van der Waals surface area contributed by atoms with Crippen molar-refractivity contribution >= 4 is 32.8 Å². The van der Waals surface area contributed by atoms with Crippen LogP contribution in [-0.2, 0) is 21.0 Å². The van der Waals surface area contributed by atoms with E-state index in [4.69, 9.17) is 16.3 Å². The van der Waals surface area contributed by atoms with E-state index in [1.165, 1.54) is 4.88 Å². The Labute approximate surface area is 134 Å². The number of sulfone groups is 1. The lowest BCUT2D eigenvalue weighted by Gasteiger charge is -2.38. The third-order valence-electron chi connectivity index (χ3n) is 4.49. The largest absolute Gasteiger partial charge is 0.373 e. The van der Waals surface area contributed by atoms with E-state index in [9.17, 15) is 8.42 Å². The van der Waals surface area contributed by atoms with Crippen LogP contribution in [-0.4, -0.2) is 44.7 Å². The maximum absolute atomic E-state index is 11.6. The van der Waals surface area contributed by atoms with Crippen molar-refractivity contribution < 1.29 is 13.2 Å². The van der Waals surface area contributed by atoms with Crippen molar-refractivity contribution in [2.24, 2.45) is 0 Å². The zero-order chi connectivity index (χ0) is 14.9. The molecule has 1 N–H and O–H groups in total. The molecule has 3 rings (SSSR count). The highest BCUT2D eigenvalue weighted by Crippen LogP contribution is 2.37. The predicted octanol–water partition coefficient (Wildman–Crippen LogP) is 2.27. The lowest BCUT2D eigenvalue weighted by atomic mass is 9.88. The highest BCUT2D eigenvalue weighted by atomic mass is 35.5. The van der Waals surface area contributed by atoms with Gasteiger partial charge in [0.05, 0.1) is 21.4 Å². The normalized spacial score (nSPS) is 27.2. The highest BCUT2D eigenvalue weighted by molar-refractivity contribution is 7.91. The zero-order valence-corrected chi connectivity index (χ0v) is 14.2. The standard InChI is InChI=1S/C14H20ClNO3S2/c15-13-2-1-11(20-13)3-7-16-12-4-8-19-14(12)5-9-21(17,18)10-6-14/h1-2,12,16H,3-10H2. The molecule has 4 nitrogen and oxygen atoms in total. The van der Waals surface area contributed by atoms with Crippen molar-refractivity contribution in [2.75, 3.05) is 24.7 Å². The molecule has 0 bridgehead atoms. The summed E-state index contributed by atoms with van der Waals surface area (Å²) >= 11 is 7.54. The Morgan fingerprint density at radius 1 is 1.38 bits per heavy atom. The van der Waals surface area contributed by atoms with Crippen LogP contribution in [0, 0.1) is 0 Å². The van der Waals surface area contributed by atoms with Gasteiger partial charge in [-0.1, -0.05) is 11.6 Å². The van der Waals surface area contributed by atoms with Gasteiger partial charge in [-0.2, -0.15) is 0 Å². The van der Waals surface area contributed by atoms with Crippen LogP contribution in [0.1, 0.15) is 24.1 Å². The molecule has 3 heterocycles. The van der Waals surface area contributed by atoms with Crippen LogP contribution in [0.25, 0.3) is 0 Å². The summed E-state index contributed by atoms with van der Waals surface area (Å²) in [5, 5.41) is 3.57. The van der Waals surface area contributed by atoms with Crippen LogP contribution in [0.2, 0.25) is 4.34 Å². The summed E-state index contributed by atoms with van der Waals surface area (Å²) in [6.07, 6.45) is 3.16. The van der Waals surface area contributed by atoms with Crippen molar-refractivity contribution in [2.45, 2.75) is 37.3 Å². The number of halogens is 1. The van der Waals surface area contributed by atoms with E-state index < -0.39 is 9.84 Å². The monoisotopic (exact) mass is 349 g/mol. The van der Waals surface area contributed by atoms with E-state index in [2.05, 4.69) is 11.4 Å². The van der Waals surface area contributed by atoms with Gasteiger partial charge in [-0.15, -0.1) is 11.3 Å². The second-order valence-corrected chi connectivity index (χ2v) is 9.92. The van der Waals surface area contributed by atoms with Crippen LogP contribution >= 0.6 is 22.9 Å². The fourth-order valence-electron chi connectivity index (χ4n) is 3.26. The number of ether oxygens (including phenoxy) is 1. The number of rotatable bonds is 4. The van der Waals surface area contributed by atoms with Gasteiger partial charge in [-0.05, 0) is 37.8 Å². The van der Waals surface area contributed by atoms with Crippen molar-refractivity contribution in [1.29, 1.82) is 0 Å². The van der Waals surface area contributed by atoms with Crippen LogP contribution in [0.5, 0.6) is 0 Å². The topological polar surface area (TPSA) is 55.4 Å². The molecular formula is C14H20ClNO3S2. The molecule has 118 valence electrons. The van der Waals surface area contributed by atoms with Crippen LogP contribution in [0.15, 0.2) is 12.1 Å². The van der Waals surface area contributed by atoms with Gasteiger partial charge in [0.15, 0.2) is 9.84 Å². The maximum atomic E-state index is 11.6. The van der Waals surface area contributed by atoms with Gasteiger partial charge in [0, 0.05) is 24.1 Å². The van der Waals surface area contributed by atoms with Gasteiger partial charge in [0.25, 0.3) is 0 Å². The Morgan fingerprint density at radius 3 is 2.81 bits per heavy atom. The van der Waals surface area contributed by atoms with Gasteiger partial charge >= 0.3 is 0 Å². The summed E-state index contributed by atoms with van der Waals surface area (Å²) < 4.78 is 30.0. The fourth-order valence-corrected chi connectivity index (χ4v) is 5.87. The first-order chi connectivity index (χ1) is 9.99. The van der Waals surface area contributed by atoms with E-state index >= 15 is 0 Å². The Kier molecular flexibility index (Phi) is 4.62. The third kappa shape index (κ3) is 3.62. The van der Waals surface area contributed by atoms with Crippen LogP contribution in [0.3, 0.4) is 0 Å². The molecule has 2 saturated heterocycles. The smallest absolute Gasteiger partial charge is 0.150 e. The molecule has 7 heteroatoms. The van der Waals surface area contributed by atoms with Gasteiger partial charge in [-0.25, -0.2) is 8.42 Å². The van der Waals surface area contributed by atoms with Gasteiger partial charge in [-0.3, -0.25) is 0 Å². The fraction of sp³-hybridized carbons (Fsp3) is 0.714. The van der Waals surface area contributed by atoms with Gasteiger partial charge in [0.2, 0.25) is 0 Å². The number of hydrogen-bond acceptors (Lipinski definition) is 5. The van der Waals surface area contributed by atoms with Crippen molar-refractivity contribution in [1.82, 2.24) is 5.32 Å². The molecule has 1 aromatic heterocycles. The maximum Gasteiger partial charge on any atom is 0.150 e. The summed E-state index contributed by atoms with van der Waals surface area (Å²) in [5.74, 6) is 0.511. The first-order valence-electron chi connectivity index (χ1n) is 7.31. The Bertz CT molecular complexity index is 585. The van der Waals surface area contributed by atoms with Gasteiger partial charge < -0.3 is 10.1 Å². The summed E-state index contributed by atoms with van der Waals surface area (Å²) in [7, 11) is -2.85. The summed E-state index contributed by atoms with van der Waals surface area (Å²) in [6.45, 7) is 1.60. The molecule has 1 aromatic rings. The first-order valence-corrected chi connectivity index (χ1v) is 10.3. The first kappa shape index (κ1) is 15.7. The molecular weight excluding hydrogens is 330 g/mol. The lowest BCUT2D eigenvalue weighted by Crippen LogP contribution is -2.52. The molecule has 0 saturated carbocycles. The SMILES string of the molecule is O=S1(=O)CCC2(CC1)OCCC2NCCc1ccc(Cl)s1. The molecule has 0 aromatic carbocycles. The summed E-state index contributed by atoms with van der Waals surface area (Å²) in [6, 6.07) is 4.25. The van der Waals surface area contributed by atoms with E-state index in [1.54, 1.807) is 11.3 Å². The molecule has 2 fully saturated rings. The minimum atomic E-state index is -2.85. The average molecular weight is 350 g/mol. The molecule has 0 aliphatic carbocycles. The highest BCUT2D eigenvalue weighted by Gasteiger charge is 2.47. The minimum Gasteiger partial charge on any atom is -0.373 e. The van der Waals surface area contributed by atoms with Crippen molar-refractivity contribution in [3.63, 3.8) is 0 Å². The second kappa shape index (κ2) is 6.16. The average Bonchev–Trinajstić information content (AvgIpc) is 3.02. The number of nitrogens with one attached hydrogen (secondary N) is 1. The van der Waals surface area contributed by atoms with Crippen LogP contribution in [0.4, 0.5) is 0 Å². The van der Waals surface area contributed by atoms with Crippen molar-refractivity contribution in [3.05, 3.63) is 21.3 Å². The molecule has 1 atom stereocenters.